The van der Waals surface area contributed by atoms with Crippen LogP contribution in [0.2, 0.25) is 0 Å². The van der Waals surface area contributed by atoms with Gasteiger partial charge in [-0.25, -0.2) is 8.78 Å². The second kappa shape index (κ2) is 3.53. The lowest BCUT2D eigenvalue weighted by molar-refractivity contribution is 0.0784. The van der Waals surface area contributed by atoms with Crippen molar-refractivity contribution in [3.63, 3.8) is 0 Å². The number of anilines is 1. The smallest absolute Gasteiger partial charge is 0.181 e. The minimum atomic E-state index is -0.883. The maximum absolute atomic E-state index is 13.1. The van der Waals surface area contributed by atoms with Gasteiger partial charge >= 0.3 is 0 Å². The van der Waals surface area contributed by atoms with Crippen LogP contribution in [0.4, 0.5) is 14.5 Å². The lowest BCUT2D eigenvalue weighted by Gasteiger charge is -2.33. The SMILES string of the molecule is OC1CCC1Nc1cccc(F)c1F. The van der Waals surface area contributed by atoms with E-state index < -0.39 is 17.7 Å². The molecule has 1 aliphatic rings. The Kier molecular flexibility index (Phi) is 2.37. The highest BCUT2D eigenvalue weighted by Crippen LogP contribution is 2.26. The summed E-state index contributed by atoms with van der Waals surface area (Å²) >= 11 is 0. The van der Waals surface area contributed by atoms with Gasteiger partial charge in [0, 0.05) is 0 Å². The van der Waals surface area contributed by atoms with Gasteiger partial charge < -0.3 is 10.4 Å². The lowest BCUT2D eigenvalue weighted by atomic mass is 9.89. The molecule has 1 fully saturated rings. The molecular formula is C10H11F2NO. The van der Waals surface area contributed by atoms with Crippen LogP contribution in [0, 0.1) is 11.6 Å². The Balaban J connectivity index is 2.12. The van der Waals surface area contributed by atoms with E-state index in [1.54, 1.807) is 0 Å². The molecule has 0 radical (unpaired) electrons. The molecule has 0 aromatic heterocycles. The molecule has 1 aromatic rings. The van der Waals surface area contributed by atoms with Crippen LogP contribution in [-0.4, -0.2) is 17.3 Å². The van der Waals surface area contributed by atoms with Crippen LogP contribution >= 0.6 is 0 Å². The zero-order valence-electron chi connectivity index (χ0n) is 7.50. The van der Waals surface area contributed by atoms with Gasteiger partial charge in [-0.15, -0.1) is 0 Å². The van der Waals surface area contributed by atoms with E-state index in [0.29, 0.717) is 6.42 Å². The molecule has 0 aliphatic heterocycles. The number of aliphatic hydroxyl groups is 1. The number of nitrogens with one attached hydrogen (secondary N) is 1. The minimum absolute atomic E-state index is 0.119. The Morgan fingerprint density at radius 3 is 2.64 bits per heavy atom. The second-order valence-electron chi connectivity index (χ2n) is 3.50. The van der Waals surface area contributed by atoms with Gasteiger partial charge in [-0.1, -0.05) is 6.07 Å². The zero-order chi connectivity index (χ0) is 10.1. The molecule has 2 N–H and O–H groups in total. The first-order valence-corrected chi connectivity index (χ1v) is 4.57. The predicted octanol–water partition coefficient (Wildman–Crippen LogP) is 1.90. The Labute approximate surface area is 80.6 Å². The van der Waals surface area contributed by atoms with Crippen molar-refractivity contribution in [2.45, 2.75) is 25.0 Å². The van der Waals surface area contributed by atoms with E-state index in [-0.39, 0.29) is 11.7 Å². The van der Waals surface area contributed by atoms with Crippen LogP contribution < -0.4 is 5.32 Å². The number of hydrogen-bond acceptors (Lipinski definition) is 2. The van der Waals surface area contributed by atoms with E-state index in [0.717, 1.165) is 12.5 Å². The third-order valence-electron chi connectivity index (χ3n) is 2.53. The maximum atomic E-state index is 13.1. The van der Waals surface area contributed by atoms with Gasteiger partial charge in [-0.3, -0.25) is 0 Å². The van der Waals surface area contributed by atoms with Gasteiger partial charge in [0.15, 0.2) is 11.6 Å². The van der Waals surface area contributed by atoms with Crippen molar-refractivity contribution in [2.75, 3.05) is 5.32 Å². The molecule has 1 aliphatic carbocycles. The first kappa shape index (κ1) is 9.40. The quantitative estimate of drug-likeness (QED) is 0.762. The van der Waals surface area contributed by atoms with Crippen LogP contribution in [0.5, 0.6) is 0 Å². The normalized spacial score (nSPS) is 25.6. The monoisotopic (exact) mass is 199 g/mol. The highest BCUT2D eigenvalue weighted by molar-refractivity contribution is 5.46. The summed E-state index contributed by atoms with van der Waals surface area (Å²) in [6.45, 7) is 0. The summed E-state index contributed by atoms with van der Waals surface area (Å²) in [6.07, 6.45) is 1.06. The van der Waals surface area contributed by atoms with Crippen molar-refractivity contribution >= 4 is 5.69 Å². The van der Waals surface area contributed by atoms with Gasteiger partial charge in [-0.05, 0) is 25.0 Å². The molecule has 0 bridgehead atoms. The molecule has 76 valence electrons. The van der Waals surface area contributed by atoms with E-state index in [1.165, 1.54) is 12.1 Å². The fourth-order valence-electron chi connectivity index (χ4n) is 1.47. The number of rotatable bonds is 2. The molecule has 2 nitrogen and oxygen atoms in total. The molecular weight excluding hydrogens is 188 g/mol. The summed E-state index contributed by atoms with van der Waals surface area (Å²) in [5, 5.41) is 12.0. The summed E-state index contributed by atoms with van der Waals surface area (Å²) in [6, 6.07) is 3.82. The molecule has 0 heterocycles. The van der Waals surface area contributed by atoms with E-state index in [9.17, 15) is 13.9 Å². The van der Waals surface area contributed by atoms with Crippen LogP contribution in [0.25, 0.3) is 0 Å². The summed E-state index contributed by atoms with van der Waals surface area (Å²) in [7, 11) is 0. The lowest BCUT2D eigenvalue weighted by Crippen LogP contribution is -2.42. The Bertz CT molecular complexity index is 343. The Morgan fingerprint density at radius 2 is 2.07 bits per heavy atom. The predicted molar refractivity (Wildman–Crippen MR) is 49.0 cm³/mol. The van der Waals surface area contributed by atoms with Gasteiger partial charge in [-0.2, -0.15) is 0 Å². The summed E-state index contributed by atoms with van der Waals surface area (Å²) in [5.41, 5.74) is 0.119. The standard InChI is InChI=1S/C10H11F2NO/c11-6-2-1-3-8(10(6)12)13-7-4-5-9(7)14/h1-3,7,9,13-14H,4-5H2. The van der Waals surface area contributed by atoms with Crippen molar-refractivity contribution in [2.24, 2.45) is 0 Å². The zero-order valence-corrected chi connectivity index (χ0v) is 7.50. The topological polar surface area (TPSA) is 32.3 Å². The molecule has 2 unspecified atom stereocenters. The Morgan fingerprint density at radius 1 is 1.29 bits per heavy atom. The highest BCUT2D eigenvalue weighted by Gasteiger charge is 2.29. The van der Waals surface area contributed by atoms with Gasteiger partial charge in [0.1, 0.15) is 0 Å². The molecule has 2 atom stereocenters. The summed E-state index contributed by atoms with van der Waals surface area (Å²) in [5.74, 6) is -1.75. The molecule has 0 saturated heterocycles. The van der Waals surface area contributed by atoms with Crippen LogP contribution in [-0.2, 0) is 0 Å². The number of hydrogen-bond donors (Lipinski definition) is 2. The van der Waals surface area contributed by atoms with Gasteiger partial charge in [0.05, 0.1) is 17.8 Å². The van der Waals surface area contributed by atoms with Crippen LogP contribution in [0.1, 0.15) is 12.8 Å². The van der Waals surface area contributed by atoms with Crippen molar-refractivity contribution in [1.29, 1.82) is 0 Å². The third-order valence-corrected chi connectivity index (χ3v) is 2.53. The van der Waals surface area contributed by atoms with Crippen molar-refractivity contribution in [1.82, 2.24) is 0 Å². The summed E-state index contributed by atoms with van der Waals surface area (Å²) < 4.78 is 25.9. The average molecular weight is 199 g/mol. The van der Waals surface area contributed by atoms with Crippen molar-refractivity contribution in [3.8, 4) is 0 Å². The number of benzene rings is 1. The largest absolute Gasteiger partial charge is 0.391 e. The molecule has 0 amide bonds. The fraction of sp³-hybridized carbons (Fsp3) is 0.400. The first-order chi connectivity index (χ1) is 6.68. The van der Waals surface area contributed by atoms with E-state index in [4.69, 9.17) is 0 Å². The second-order valence-corrected chi connectivity index (χ2v) is 3.50. The average Bonchev–Trinajstić information content (AvgIpc) is 2.18. The summed E-state index contributed by atoms with van der Waals surface area (Å²) in [4.78, 5) is 0. The fourth-order valence-corrected chi connectivity index (χ4v) is 1.47. The van der Waals surface area contributed by atoms with Gasteiger partial charge in [0.25, 0.3) is 0 Å². The molecule has 14 heavy (non-hydrogen) atoms. The molecule has 2 rings (SSSR count). The van der Waals surface area contributed by atoms with E-state index in [1.807, 2.05) is 0 Å². The maximum Gasteiger partial charge on any atom is 0.181 e. The molecule has 0 spiro atoms. The molecule has 1 aromatic carbocycles. The van der Waals surface area contributed by atoms with Crippen LogP contribution in [0.3, 0.4) is 0 Å². The minimum Gasteiger partial charge on any atom is -0.391 e. The number of aliphatic hydroxyl groups excluding tert-OH is 1. The third kappa shape index (κ3) is 1.57. The van der Waals surface area contributed by atoms with Crippen molar-refractivity contribution in [3.05, 3.63) is 29.8 Å². The molecule has 1 saturated carbocycles. The van der Waals surface area contributed by atoms with Crippen molar-refractivity contribution < 1.29 is 13.9 Å². The number of halogens is 2. The highest BCUT2D eigenvalue weighted by atomic mass is 19.2. The first-order valence-electron chi connectivity index (χ1n) is 4.57. The van der Waals surface area contributed by atoms with Gasteiger partial charge in [0.2, 0.25) is 0 Å². The van der Waals surface area contributed by atoms with E-state index in [2.05, 4.69) is 5.32 Å². The van der Waals surface area contributed by atoms with Crippen LogP contribution in [0.15, 0.2) is 18.2 Å². The molecule has 4 heteroatoms. The Hall–Kier alpha value is -1.16. The van der Waals surface area contributed by atoms with E-state index >= 15 is 0 Å².